The van der Waals surface area contributed by atoms with Crippen LogP contribution in [0.25, 0.3) is 177 Å². The van der Waals surface area contributed by atoms with E-state index in [0.717, 1.165) is 22.7 Å². The van der Waals surface area contributed by atoms with E-state index in [4.69, 9.17) is 0 Å². The van der Waals surface area contributed by atoms with Crippen molar-refractivity contribution in [3.63, 3.8) is 0 Å². The number of hydrogen-bond donors (Lipinski definition) is 0. The molecule has 0 aliphatic carbocycles. The lowest BCUT2D eigenvalue weighted by Crippen LogP contribution is -1.95. The van der Waals surface area contributed by atoms with E-state index in [1.165, 1.54) is 154 Å². The quantitative estimate of drug-likeness (QED) is 0.130. The fraction of sp³-hybridized carbons (Fsp3) is 0. The molecule has 4 aromatic heterocycles. The standard InChI is InChI=1S/2C48H32N2/c1-3-15-33(16-4-1)35-19-11-21-37(31-35)49-43-27-9-7-23-41(43)47-39(25-13-29-45(47)49)40-26-14-30-46-48(40)42-24-8-10-28-44(42)50(46)38-22-12-20-36(32-38)34-17-5-2-6-18-34;1-3-13-33(14-4-1)35-25-29-37(30-26-35)49-43-21-9-7-17-41(43)47-39(19-11-23-45(47)49)40-20-12-24-46-48(40)42-18-8-10-22-44(42)50(46)38-31-27-36(28-32-38)34-15-5-2-6-16-34/h2*1-32H. The maximum absolute atomic E-state index is 2.43. The smallest absolute Gasteiger partial charge is 0.0547 e. The van der Waals surface area contributed by atoms with Gasteiger partial charge in [-0.2, -0.15) is 0 Å². The molecule has 100 heavy (non-hydrogen) atoms. The molecule has 0 aliphatic rings. The molecule has 0 unspecified atom stereocenters. The van der Waals surface area contributed by atoms with Crippen LogP contribution in [-0.2, 0) is 0 Å². The van der Waals surface area contributed by atoms with Crippen molar-refractivity contribution in [3.8, 4) is 89.5 Å². The van der Waals surface area contributed by atoms with Gasteiger partial charge in [0.15, 0.2) is 0 Å². The first kappa shape index (κ1) is 58.1. The first-order valence-electron chi connectivity index (χ1n) is 34.4. The number of para-hydroxylation sites is 4. The zero-order valence-electron chi connectivity index (χ0n) is 54.7. The second-order valence-corrected chi connectivity index (χ2v) is 25.9. The van der Waals surface area contributed by atoms with Crippen molar-refractivity contribution in [1.29, 1.82) is 0 Å². The Hall–Kier alpha value is -13.3. The fourth-order valence-electron chi connectivity index (χ4n) is 15.9. The van der Waals surface area contributed by atoms with Crippen LogP contribution in [0.4, 0.5) is 0 Å². The lowest BCUT2D eigenvalue weighted by Gasteiger charge is -2.12. The molecular formula is C96H64N4. The summed E-state index contributed by atoms with van der Waals surface area (Å²) in [7, 11) is 0. The molecule has 4 nitrogen and oxygen atoms in total. The predicted molar refractivity (Wildman–Crippen MR) is 423 cm³/mol. The van der Waals surface area contributed by atoms with Gasteiger partial charge in [0.25, 0.3) is 0 Å². The third-order valence-corrected chi connectivity index (χ3v) is 20.3. The highest BCUT2D eigenvalue weighted by molar-refractivity contribution is 6.24. The average molecular weight is 1270 g/mol. The number of rotatable bonds is 10. The van der Waals surface area contributed by atoms with Crippen molar-refractivity contribution >= 4 is 87.2 Å². The van der Waals surface area contributed by atoms with Crippen molar-refractivity contribution in [2.24, 2.45) is 0 Å². The lowest BCUT2D eigenvalue weighted by atomic mass is 9.95. The molecule has 0 fully saturated rings. The molecular weight excluding hydrogens is 1210 g/mol. The molecule has 4 heterocycles. The normalized spacial score (nSPS) is 11.6. The Bertz CT molecular complexity index is 6070. The molecule has 0 aliphatic heterocycles. The van der Waals surface area contributed by atoms with Crippen molar-refractivity contribution in [3.05, 3.63) is 388 Å². The summed E-state index contributed by atoms with van der Waals surface area (Å²) in [5, 5.41) is 10.1. The van der Waals surface area contributed by atoms with Gasteiger partial charge in [0, 0.05) is 65.8 Å². The number of aromatic nitrogens is 4. The van der Waals surface area contributed by atoms with E-state index in [-0.39, 0.29) is 0 Å². The summed E-state index contributed by atoms with van der Waals surface area (Å²) in [5.41, 5.74) is 28.9. The maximum Gasteiger partial charge on any atom is 0.0547 e. The van der Waals surface area contributed by atoms with Gasteiger partial charge in [-0.15, -0.1) is 0 Å². The van der Waals surface area contributed by atoms with Gasteiger partial charge in [-0.25, -0.2) is 0 Å². The predicted octanol–water partition coefficient (Wildman–Crippen LogP) is 25.8. The molecule has 0 saturated heterocycles. The first-order valence-corrected chi connectivity index (χ1v) is 34.4. The zero-order valence-corrected chi connectivity index (χ0v) is 54.7. The summed E-state index contributed by atoms with van der Waals surface area (Å²) in [6.45, 7) is 0. The number of nitrogens with zero attached hydrogens (tertiary/aromatic N) is 4. The molecule has 0 amide bonds. The third-order valence-electron chi connectivity index (χ3n) is 20.3. The topological polar surface area (TPSA) is 19.7 Å². The monoisotopic (exact) mass is 1270 g/mol. The van der Waals surface area contributed by atoms with E-state index in [1.54, 1.807) is 0 Å². The highest BCUT2D eigenvalue weighted by Crippen LogP contribution is 2.47. The molecule has 16 aromatic carbocycles. The van der Waals surface area contributed by atoms with E-state index in [0.29, 0.717) is 0 Å². The van der Waals surface area contributed by atoms with Gasteiger partial charge in [-0.05, 0) is 164 Å². The van der Waals surface area contributed by atoms with Crippen LogP contribution in [0, 0.1) is 0 Å². The van der Waals surface area contributed by atoms with Crippen molar-refractivity contribution < 1.29 is 0 Å². The summed E-state index contributed by atoms with van der Waals surface area (Å²) in [6.07, 6.45) is 0. The van der Waals surface area contributed by atoms with Crippen molar-refractivity contribution in [2.75, 3.05) is 0 Å². The van der Waals surface area contributed by atoms with Gasteiger partial charge in [0.2, 0.25) is 0 Å². The van der Waals surface area contributed by atoms with Crippen LogP contribution < -0.4 is 0 Å². The minimum atomic E-state index is 1.15. The molecule has 0 bridgehead atoms. The highest BCUT2D eigenvalue weighted by Gasteiger charge is 2.24. The molecule has 20 rings (SSSR count). The Labute approximate surface area is 579 Å². The van der Waals surface area contributed by atoms with E-state index in [2.05, 4.69) is 407 Å². The summed E-state index contributed by atoms with van der Waals surface area (Å²) in [6, 6.07) is 141. The molecule has 4 heteroatoms. The van der Waals surface area contributed by atoms with Crippen LogP contribution >= 0.6 is 0 Å². The van der Waals surface area contributed by atoms with Gasteiger partial charge >= 0.3 is 0 Å². The lowest BCUT2D eigenvalue weighted by molar-refractivity contribution is 1.18. The van der Waals surface area contributed by atoms with E-state index < -0.39 is 0 Å². The molecule has 0 N–H and O–H groups in total. The number of benzene rings is 16. The number of fused-ring (bicyclic) bond motifs is 12. The van der Waals surface area contributed by atoms with Gasteiger partial charge in [0.05, 0.1) is 44.1 Å². The first-order chi connectivity index (χ1) is 49.7. The zero-order chi connectivity index (χ0) is 66.0. The second kappa shape index (κ2) is 24.4. The Morgan fingerprint density at radius 3 is 0.630 bits per heavy atom. The van der Waals surface area contributed by atoms with E-state index in [9.17, 15) is 0 Å². The van der Waals surface area contributed by atoms with Crippen LogP contribution in [0.15, 0.2) is 388 Å². The Morgan fingerprint density at radius 1 is 0.130 bits per heavy atom. The van der Waals surface area contributed by atoms with Gasteiger partial charge in [-0.3, -0.25) is 0 Å². The van der Waals surface area contributed by atoms with Gasteiger partial charge in [0.1, 0.15) is 0 Å². The second-order valence-electron chi connectivity index (χ2n) is 25.9. The van der Waals surface area contributed by atoms with E-state index in [1.807, 2.05) is 0 Å². The minimum Gasteiger partial charge on any atom is -0.309 e. The molecule has 0 spiro atoms. The van der Waals surface area contributed by atoms with E-state index >= 15 is 0 Å². The summed E-state index contributed by atoms with van der Waals surface area (Å²) >= 11 is 0. The Morgan fingerprint density at radius 2 is 0.340 bits per heavy atom. The van der Waals surface area contributed by atoms with Crippen molar-refractivity contribution in [2.45, 2.75) is 0 Å². The Balaban J connectivity index is 0.000000139. The van der Waals surface area contributed by atoms with Crippen LogP contribution in [0.3, 0.4) is 0 Å². The van der Waals surface area contributed by atoms with Gasteiger partial charge in [-0.1, -0.05) is 291 Å². The minimum absolute atomic E-state index is 1.15. The molecule has 468 valence electrons. The largest absolute Gasteiger partial charge is 0.309 e. The molecule has 0 atom stereocenters. The highest BCUT2D eigenvalue weighted by atomic mass is 15.0. The fourth-order valence-corrected chi connectivity index (χ4v) is 15.9. The molecule has 20 aromatic rings. The molecule has 0 saturated carbocycles. The number of hydrogen-bond acceptors (Lipinski definition) is 0. The van der Waals surface area contributed by atoms with Crippen LogP contribution in [0.1, 0.15) is 0 Å². The third kappa shape index (κ3) is 9.76. The van der Waals surface area contributed by atoms with Crippen LogP contribution in [-0.4, -0.2) is 18.3 Å². The molecule has 0 radical (unpaired) electrons. The summed E-state index contributed by atoms with van der Waals surface area (Å²) in [4.78, 5) is 0. The Kier molecular flexibility index (Phi) is 14.2. The average Bonchev–Trinajstić information content (AvgIpc) is 1.57. The summed E-state index contributed by atoms with van der Waals surface area (Å²) < 4.78 is 9.69. The summed E-state index contributed by atoms with van der Waals surface area (Å²) in [5.74, 6) is 0. The van der Waals surface area contributed by atoms with Gasteiger partial charge < -0.3 is 18.3 Å². The van der Waals surface area contributed by atoms with Crippen LogP contribution in [0.2, 0.25) is 0 Å². The SMILES string of the molecule is c1ccc(-c2ccc(-n3c4ccccc4c4c(-c5cccc6c5c5ccccc5n6-c5ccc(-c6ccccc6)cc5)cccc43)cc2)cc1.c1ccc(-c2cccc(-n3c4ccccc4c4c(-c5cccc6c5c5ccccc5n6-c5cccc(-c6ccccc6)c5)cccc43)c2)cc1. The van der Waals surface area contributed by atoms with Crippen molar-refractivity contribution in [1.82, 2.24) is 18.3 Å². The van der Waals surface area contributed by atoms with Crippen LogP contribution in [0.5, 0.6) is 0 Å². The maximum atomic E-state index is 2.43.